The molecule has 176 valence electrons. The van der Waals surface area contributed by atoms with Crippen molar-refractivity contribution in [2.24, 2.45) is 17.3 Å². The lowest BCUT2D eigenvalue weighted by Gasteiger charge is -2.31. The highest BCUT2D eigenvalue weighted by Gasteiger charge is 2.30. The number of carbonyl (C=O) groups is 1. The van der Waals surface area contributed by atoms with E-state index in [1.165, 1.54) is 17.7 Å². The molecule has 2 aromatic heterocycles. The van der Waals surface area contributed by atoms with Gasteiger partial charge in [-0.25, -0.2) is 0 Å². The molecule has 0 atom stereocenters. The number of hydrogen-bond acceptors (Lipinski definition) is 3. The summed E-state index contributed by atoms with van der Waals surface area (Å²) in [7, 11) is 0. The molecule has 0 saturated heterocycles. The first-order valence-corrected chi connectivity index (χ1v) is 13.1. The van der Waals surface area contributed by atoms with E-state index in [0.29, 0.717) is 17.7 Å². The van der Waals surface area contributed by atoms with Crippen LogP contribution in [-0.4, -0.2) is 33.4 Å². The zero-order valence-electron chi connectivity index (χ0n) is 20.1. The van der Waals surface area contributed by atoms with E-state index in [4.69, 9.17) is 0 Å². The van der Waals surface area contributed by atoms with Crippen LogP contribution in [0.3, 0.4) is 0 Å². The van der Waals surface area contributed by atoms with E-state index in [9.17, 15) is 4.79 Å². The Morgan fingerprint density at radius 3 is 2.76 bits per heavy atom. The van der Waals surface area contributed by atoms with Gasteiger partial charge < -0.3 is 9.88 Å². The number of nitrogens with zero attached hydrogens (tertiary/aromatic N) is 2. The van der Waals surface area contributed by atoms with Crippen molar-refractivity contribution < 1.29 is 4.79 Å². The van der Waals surface area contributed by atoms with E-state index in [-0.39, 0.29) is 11.8 Å². The molecule has 1 amide bonds. The Labute approximate surface area is 202 Å². The van der Waals surface area contributed by atoms with Crippen LogP contribution in [-0.2, 0) is 17.6 Å². The van der Waals surface area contributed by atoms with Gasteiger partial charge in [0.2, 0.25) is 5.91 Å². The summed E-state index contributed by atoms with van der Waals surface area (Å²) < 4.78 is 0. The van der Waals surface area contributed by atoms with Crippen molar-refractivity contribution in [3.8, 4) is 11.4 Å². The fourth-order valence-corrected chi connectivity index (χ4v) is 5.87. The summed E-state index contributed by atoms with van der Waals surface area (Å²) in [5.74, 6) is 1.78. The number of nitrogens with one attached hydrogen (secondary N) is 2. The number of hydrogen-bond donors (Lipinski definition) is 3. The standard InChI is InChI=1S/C27H36N4OS/c1-17-4-6-18(7-5-17)26(32)31(12-13-33)20-9-8-19-14-23(28-22(19)15-20)25-21-10-11-27(2,3)16-24(21)29-30-25/h8-9,14-15,17-18,28,33H,4-7,10-13,16H2,1-3H3,(H,29,30). The van der Waals surface area contributed by atoms with E-state index < -0.39 is 0 Å². The predicted molar refractivity (Wildman–Crippen MR) is 139 cm³/mol. The third-order valence-electron chi connectivity index (χ3n) is 7.79. The van der Waals surface area contributed by atoms with E-state index in [0.717, 1.165) is 72.4 Å². The van der Waals surface area contributed by atoms with E-state index in [1.54, 1.807) is 0 Å². The smallest absolute Gasteiger partial charge is 0.230 e. The average Bonchev–Trinajstić information content (AvgIpc) is 3.39. The van der Waals surface area contributed by atoms with Gasteiger partial charge >= 0.3 is 0 Å². The van der Waals surface area contributed by atoms with Crippen LogP contribution in [0.4, 0.5) is 5.69 Å². The summed E-state index contributed by atoms with van der Waals surface area (Å²) >= 11 is 4.45. The van der Waals surface area contributed by atoms with Gasteiger partial charge in [-0.2, -0.15) is 17.7 Å². The summed E-state index contributed by atoms with van der Waals surface area (Å²) in [5, 5.41) is 9.12. The molecule has 1 saturated carbocycles. The van der Waals surface area contributed by atoms with Gasteiger partial charge in [-0.1, -0.05) is 26.8 Å². The maximum Gasteiger partial charge on any atom is 0.230 e. The van der Waals surface area contributed by atoms with Gasteiger partial charge in [0.1, 0.15) is 5.69 Å². The van der Waals surface area contributed by atoms with Crippen molar-refractivity contribution in [3.63, 3.8) is 0 Å². The molecular formula is C27H36N4OS. The molecule has 0 spiro atoms. The van der Waals surface area contributed by atoms with E-state index >= 15 is 0 Å². The number of benzene rings is 1. The average molecular weight is 465 g/mol. The Morgan fingerprint density at radius 1 is 1.21 bits per heavy atom. The number of amides is 1. The van der Waals surface area contributed by atoms with Crippen LogP contribution in [0, 0.1) is 17.3 Å². The minimum atomic E-state index is 0.135. The van der Waals surface area contributed by atoms with Crippen molar-refractivity contribution >= 4 is 35.1 Å². The largest absolute Gasteiger partial charge is 0.353 e. The highest BCUT2D eigenvalue weighted by Crippen LogP contribution is 2.38. The zero-order valence-corrected chi connectivity index (χ0v) is 21.0. The Bertz CT molecular complexity index is 1150. The Kier molecular flexibility index (Phi) is 6.06. The third-order valence-corrected chi connectivity index (χ3v) is 7.99. The van der Waals surface area contributed by atoms with Crippen LogP contribution in [0.2, 0.25) is 0 Å². The van der Waals surface area contributed by atoms with Crippen molar-refractivity contribution in [1.82, 2.24) is 15.2 Å². The maximum absolute atomic E-state index is 13.4. The monoisotopic (exact) mass is 464 g/mol. The number of anilines is 1. The van der Waals surface area contributed by atoms with Crippen molar-refractivity contribution in [1.29, 1.82) is 0 Å². The summed E-state index contributed by atoms with van der Waals surface area (Å²) in [4.78, 5) is 18.9. The van der Waals surface area contributed by atoms with Gasteiger partial charge in [0.25, 0.3) is 0 Å². The lowest BCUT2D eigenvalue weighted by molar-refractivity contribution is -0.123. The molecule has 1 fully saturated rings. The van der Waals surface area contributed by atoms with Crippen molar-refractivity contribution in [2.45, 2.75) is 65.7 Å². The SMILES string of the molecule is CC1CCC(C(=O)N(CCS)c2ccc3cc(-c4n[nH]c5c4CCC(C)(C)C5)[nH]c3c2)CC1. The highest BCUT2D eigenvalue weighted by atomic mass is 32.1. The van der Waals surface area contributed by atoms with Gasteiger partial charge in [0.05, 0.1) is 5.69 Å². The minimum absolute atomic E-state index is 0.135. The molecule has 2 N–H and O–H groups in total. The summed E-state index contributed by atoms with van der Waals surface area (Å²) in [6.45, 7) is 7.58. The third kappa shape index (κ3) is 4.46. The molecule has 2 aliphatic carbocycles. The molecule has 0 aliphatic heterocycles. The molecule has 6 heteroatoms. The maximum atomic E-state index is 13.4. The van der Waals surface area contributed by atoms with Crippen molar-refractivity contribution in [3.05, 3.63) is 35.5 Å². The summed E-state index contributed by atoms with van der Waals surface area (Å²) in [6.07, 6.45) is 7.57. The first-order chi connectivity index (χ1) is 15.8. The molecular weight excluding hydrogens is 428 g/mol. The number of rotatable bonds is 5. The molecule has 2 heterocycles. The number of fused-ring (bicyclic) bond motifs is 2. The van der Waals surface area contributed by atoms with Crippen molar-refractivity contribution in [2.75, 3.05) is 17.2 Å². The molecule has 2 aliphatic rings. The first kappa shape index (κ1) is 22.6. The van der Waals surface area contributed by atoms with Gasteiger partial charge in [-0.3, -0.25) is 9.89 Å². The second kappa shape index (κ2) is 8.86. The molecule has 33 heavy (non-hydrogen) atoms. The van der Waals surface area contributed by atoms with Gasteiger partial charge in [-0.05, 0) is 74.5 Å². The Hall–Kier alpha value is -2.21. The normalized spacial score (nSPS) is 22.3. The number of aromatic amines is 2. The zero-order chi connectivity index (χ0) is 23.2. The number of thiol groups is 1. The summed E-state index contributed by atoms with van der Waals surface area (Å²) in [5.41, 5.74) is 7.04. The molecule has 3 aromatic rings. The molecule has 0 bridgehead atoms. The molecule has 0 unspecified atom stereocenters. The number of H-pyrrole nitrogens is 2. The Balaban J connectivity index is 1.43. The van der Waals surface area contributed by atoms with E-state index in [1.807, 2.05) is 4.90 Å². The molecule has 5 rings (SSSR count). The van der Waals surface area contributed by atoms with Crippen LogP contribution >= 0.6 is 12.6 Å². The van der Waals surface area contributed by atoms with Crippen LogP contribution in [0.15, 0.2) is 24.3 Å². The van der Waals surface area contributed by atoms with Crippen LogP contribution < -0.4 is 4.90 Å². The molecule has 5 nitrogen and oxygen atoms in total. The van der Waals surface area contributed by atoms with Crippen LogP contribution in [0.25, 0.3) is 22.3 Å². The van der Waals surface area contributed by atoms with Gasteiger partial charge in [0.15, 0.2) is 0 Å². The lowest BCUT2D eigenvalue weighted by Crippen LogP contribution is -2.39. The second-order valence-electron chi connectivity index (χ2n) is 11.0. The highest BCUT2D eigenvalue weighted by molar-refractivity contribution is 7.80. The second-order valence-corrected chi connectivity index (χ2v) is 11.4. The number of carbonyl (C=O) groups excluding carboxylic acids is 1. The molecule has 1 aromatic carbocycles. The van der Waals surface area contributed by atoms with Gasteiger partial charge in [-0.15, -0.1) is 0 Å². The quantitative estimate of drug-likeness (QED) is 0.396. The topological polar surface area (TPSA) is 64.8 Å². The summed E-state index contributed by atoms with van der Waals surface area (Å²) in [6, 6.07) is 8.50. The lowest BCUT2D eigenvalue weighted by atomic mass is 9.76. The fraction of sp³-hybridized carbons (Fsp3) is 0.556. The van der Waals surface area contributed by atoms with Crippen LogP contribution in [0.1, 0.15) is 64.1 Å². The Morgan fingerprint density at radius 2 is 2.00 bits per heavy atom. The van der Waals surface area contributed by atoms with Gasteiger partial charge in [0, 0.05) is 46.1 Å². The fourth-order valence-electron chi connectivity index (χ4n) is 5.67. The molecule has 0 radical (unpaired) electrons. The predicted octanol–water partition coefficient (Wildman–Crippen LogP) is 6.16. The first-order valence-electron chi connectivity index (χ1n) is 12.5. The van der Waals surface area contributed by atoms with Crippen LogP contribution in [0.5, 0.6) is 0 Å². The van der Waals surface area contributed by atoms with E-state index in [2.05, 4.69) is 72.8 Å². The minimum Gasteiger partial charge on any atom is -0.353 e. The number of aromatic nitrogens is 3.